The number of nitrogens with one attached hydrogen (secondary N) is 1. The highest BCUT2D eigenvalue weighted by atomic mass is 16.4. The van der Waals surface area contributed by atoms with Gasteiger partial charge in [0, 0.05) is 13.8 Å². The van der Waals surface area contributed by atoms with Crippen LogP contribution >= 0.6 is 0 Å². The molecule has 6 nitrogen and oxygen atoms in total. The minimum atomic E-state index is -0.833. The van der Waals surface area contributed by atoms with E-state index in [0.717, 1.165) is 26.3 Å². The van der Waals surface area contributed by atoms with Crippen molar-refractivity contribution < 1.29 is 19.8 Å². The molecule has 0 bridgehead atoms. The maximum Gasteiger partial charge on any atom is 0.300 e. The SMILES string of the molecule is CC(=O)O.CC(=O)O.NCCC1CCNC1. The molecule has 96 valence electrons. The maximum atomic E-state index is 9.00. The van der Waals surface area contributed by atoms with E-state index in [9.17, 15) is 0 Å². The number of carboxylic acid groups (broad SMARTS) is 2. The molecule has 1 atom stereocenters. The average Bonchev–Trinajstić information content (AvgIpc) is 2.55. The van der Waals surface area contributed by atoms with Crippen LogP contribution in [-0.4, -0.2) is 41.8 Å². The van der Waals surface area contributed by atoms with Gasteiger partial charge in [-0.3, -0.25) is 9.59 Å². The molecule has 0 radical (unpaired) electrons. The van der Waals surface area contributed by atoms with Gasteiger partial charge >= 0.3 is 0 Å². The van der Waals surface area contributed by atoms with E-state index in [0.29, 0.717) is 0 Å². The van der Waals surface area contributed by atoms with Gasteiger partial charge in [-0.05, 0) is 38.4 Å². The van der Waals surface area contributed by atoms with Gasteiger partial charge in [-0.2, -0.15) is 0 Å². The minimum absolute atomic E-state index is 0.833. The predicted molar refractivity (Wildman–Crippen MR) is 61.3 cm³/mol. The summed E-state index contributed by atoms with van der Waals surface area (Å²) in [5, 5.41) is 18.1. The number of carbonyl (C=O) groups is 2. The predicted octanol–water partition coefficient (Wildman–Crippen LogP) is 0.127. The third kappa shape index (κ3) is 23.0. The van der Waals surface area contributed by atoms with Crippen molar-refractivity contribution in [2.24, 2.45) is 11.7 Å². The summed E-state index contributed by atoms with van der Waals surface area (Å²) < 4.78 is 0. The van der Waals surface area contributed by atoms with Gasteiger partial charge in [-0.1, -0.05) is 0 Å². The fourth-order valence-electron chi connectivity index (χ4n) is 1.20. The molecule has 0 aromatic carbocycles. The Kier molecular flexibility index (Phi) is 12.9. The Morgan fingerprint density at radius 1 is 1.31 bits per heavy atom. The number of hydrogen-bond donors (Lipinski definition) is 4. The largest absolute Gasteiger partial charge is 0.481 e. The van der Waals surface area contributed by atoms with Crippen LogP contribution in [0, 0.1) is 5.92 Å². The second kappa shape index (κ2) is 11.9. The van der Waals surface area contributed by atoms with E-state index in [-0.39, 0.29) is 0 Å². The van der Waals surface area contributed by atoms with Crippen LogP contribution in [0.1, 0.15) is 26.7 Å². The van der Waals surface area contributed by atoms with Gasteiger partial charge in [0.1, 0.15) is 0 Å². The van der Waals surface area contributed by atoms with Gasteiger partial charge in [0.05, 0.1) is 0 Å². The average molecular weight is 234 g/mol. The first-order valence-electron chi connectivity index (χ1n) is 5.20. The Hall–Kier alpha value is -1.14. The van der Waals surface area contributed by atoms with Crippen LogP contribution in [0.3, 0.4) is 0 Å². The lowest BCUT2D eigenvalue weighted by atomic mass is 10.1. The van der Waals surface area contributed by atoms with Gasteiger partial charge in [0.25, 0.3) is 11.9 Å². The smallest absolute Gasteiger partial charge is 0.300 e. The molecule has 1 aliphatic heterocycles. The molecule has 0 aromatic rings. The molecule has 16 heavy (non-hydrogen) atoms. The third-order valence-electron chi connectivity index (χ3n) is 1.74. The number of rotatable bonds is 2. The first-order chi connectivity index (χ1) is 7.40. The minimum Gasteiger partial charge on any atom is -0.481 e. The molecule has 1 rings (SSSR count). The molecule has 1 unspecified atom stereocenters. The fourth-order valence-corrected chi connectivity index (χ4v) is 1.20. The molecule has 1 heterocycles. The molecule has 0 aliphatic carbocycles. The normalized spacial score (nSPS) is 17.6. The lowest BCUT2D eigenvalue weighted by Gasteiger charge is -2.02. The zero-order valence-corrected chi connectivity index (χ0v) is 9.90. The van der Waals surface area contributed by atoms with Crippen LogP contribution < -0.4 is 11.1 Å². The van der Waals surface area contributed by atoms with Crippen LogP contribution in [0.5, 0.6) is 0 Å². The Bertz CT molecular complexity index is 171. The van der Waals surface area contributed by atoms with Gasteiger partial charge < -0.3 is 21.3 Å². The van der Waals surface area contributed by atoms with Crippen LogP contribution in [-0.2, 0) is 9.59 Å². The van der Waals surface area contributed by atoms with Gasteiger partial charge in [0.15, 0.2) is 0 Å². The summed E-state index contributed by atoms with van der Waals surface area (Å²) in [5.74, 6) is -0.792. The fraction of sp³-hybridized carbons (Fsp3) is 0.800. The number of aliphatic carboxylic acids is 2. The van der Waals surface area contributed by atoms with E-state index in [1.165, 1.54) is 25.9 Å². The second-order valence-corrected chi connectivity index (χ2v) is 3.47. The standard InChI is InChI=1S/C6H14N2.2C2H4O2/c7-3-1-6-2-4-8-5-6;2*1-2(3)4/h6,8H,1-5,7H2;2*1H3,(H,3,4). The summed E-state index contributed by atoms with van der Waals surface area (Å²) in [7, 11) is 0. The summed E-state index contributed by atoms with van der Waals surface area (Å²) in [6.45, 7) is 5.41. The van der Waals surface area contributed by atoms with Crippen LogP contribution in [0.25, 0.3) is 0 Å². The molecule has 1 saturated heterocycles. The molecule has 1 aliphatic rings. The van der Waals surface area contributed by atoms with Gasteiger partial charge in [0.2, 0.25) is 0 Å². The Morgan fingerprint density at radius 3 is 2.00 bits per heavy atom. The molecule has 1 fully saturated rings. The van der Waals surface area contributed by atoms with E-state index in [1.54, 1.807) is 0 Å². The molecule has 0 spiro atoms. The van der Waals surface area contributed by atoms with Crippen LogP contribution in [0.2, 0.25) is 0 Å². The lowest BCUT2D eigenvalue weighted by molar-refractivity contribution is -0.135. The van der Waals surface area contributed by atoms with E-state index in [4.69, 9.17) is 25.5 Å². The topological polar surface area (TPSA) is 113 Å². The van der Waals surface area contributed by atoms with Crippen molar-refractivity contribution in [3.63, 3.8) is 0 Å². The highest BCUT2D eigenvalue weighted by Crippen LogP contribution is 2.09. The zero-order chi connectivity index (χ0) is 13.0. The monoisotopic (exact) mass is 234 g/mol. The number of hydrogen-bond acceptors (Lipinski definition) is 4. The molecular formula is C10H22N2O4. The van der Waals surface area contributed by atoms with Gasteiger partial charge in [-0.15, -0.1) is 0 Å². The summed E-state index contributed by atoms with van der Waals surface area (Å²) >= 11 is 0. The number of carboxylic acids is 2. The van der Waals surface area contributed by atoms with Crippen molar-refractivity contribution in [1.82, 2.24) is 5.32 Å². The van der Waals surface area contributed by atoms with Crippen molar-refractivity contribution in [2.45, 2.75) is 26.7 Å². The summed E-state index contributed by atoms with van der Waals surface area (Å²) in [5.41, 5.74) is 5.38. The molecule has 0 saturated carbocycles. The van der Waals surface area contributed by atoms with Crippen molar-refractivity contribution in [1.29, 1.82) is 0 Å². The molecule has 5 N–H and O–H groups in total. The Morgan fingerprint density at radius 2 is 1.75 bits per heavy atom. The van der Waals surface area contributed by atoms with Crippen molar-refractivity contribution in [3.8, 4) is 0 Å². The van der Waals surface area contributed by atoms with Crippen LogP contribution in [0.4, 0.5) is 0 Å². The maximum absolute atomic E-state index is 9.00. The molecule has 0 amide bonds. The lowest BCUT2D eigenvalue weighted by Crippen LogP contribution is -2.12. The molecular weight excluding hydrogens is 212 g/mol. The second-order valence-electron chi connectivity index (χ2n) is 3.47. The zero-order valence-electron chi connectivity index (χ0n) is 9.90. The Balaban J connectivity index is 0. The number of nitrogens with two attached hydrogens (primary N) is 1. The highest BCUT2D eigenvalue weighted by Gasteiger charge is 2.11. The van der Waals surface area contributed by atoms with Crippen molar-refractivity contribution in [2.75, 3.05) is 19.6 Å². The highest BCUT2D eigenvalue weighted by molar-refractivity contribution is 5.63. The van der Waals surface area contributed by atoms with Crippen molar-refractivity contribution in [3.05, 3.63) is 0 Å². The molecule has 6 heteroatoms. The van der Waals surface area contributed by atoms with E-state index < -0.39 is 11.9 Å². The first kappa shape index (κ1) is 17.3. The summed E-state index contributed by atoms with van der Waals surface area (Å²) in [4.78, 5) is 18.0. The van der Waals surface area contributed by atoms with Crippen LogP contribution in [0.15, 0.2) is 0 Å². The van der Waals surface area contributed by atoms with E-state index in [2.05, 4.69) is 5.32 Å². The Labute approximate surface area is 95.8 Å². The third-order valence-corrected chi connectivity index (χ3v) is 1.74. The summed E-state index contributed by atoms with van der Waals surface area (Å²) in [6.07, 6.45) is 2.53. The quantitative estimate of drug-likeness (QED) is 0.540. The van der Waals surface area contributed by atoms with Gasteiger partial charge in [-0.25, -0.2) is 0 Å². The van der Waals surface area contributed by atoms with E-state index in [1.807, 2.05) is 0 Å². The molecule has 0 aromatic heterocycles. The van der Waals surface area contributed by atoms with Crippen molar-refractivity contribution >= 4 is 11.9 Å². The summed E-state index contributed by atoms with van der Waals surface area (Å²) in [6, 6.07) is 0. The van der Waals surface area contributed by atoms with E-state index >= 15 is 0 Å². The first-order valence-corrected chi connectivity index (χ1v) is 5.20.